The van der Waals surface area contributed by atoms with Crippen LogP contribution in [0.5, 0.6) is 0 Å². The highest BCUT2D eigenvalue weighted by atomic mass is 32.2. The van der Waals surface area contributed by atoms with Crippen LogP contribution >= 0.6 is 0 Å². The molecule has 8 rings (SSSR count). The minimum atomic E-state index is -3.90. The Morgan fingerprint density at radius 2 is 1.07 bits per heavy atom. The highest BCUT2D eigenvalue weighted by Gasteiger charge is 2.23. The van der Waals surface area contributed by atoms with Gasteiger partial charge in [0.25, 0.3) is 0 Å². The molecule has 204 valence electrons. The SMILES string of the molecule is N#Cc1ccccc1S(=O)(=O)c1ccc(-n2c3ccccc3c3nc4c5ccccc5n(-c5ccccc5)c4nc32)cc1. The van der Waals surface area contributed by atoms with Gasteiger partial charge < -0.3 is 0 Å². The van der Waals surface area contributed by atoms with E-state index < -0.39 is 9.84 Å². The van der Waals surface area contributed by atoms with Crippen molar-refractivity contribution in [1.29, 1.82) is 5.26 Å². The molecule has 0 atom stereocenters. The number of fused-ring (bicyclic) bond motifs is 6. The molecule has 0 aliphatic carbocycles. The molecule has 0 saturated heterocycles. The number of sulfone groups is 1. The van der Waals surface area contributed by atoms with Gasteiger partial charge in [-0.3, -0.25) is 9.13 Å². The average molecular weight is 576 g/mol. The fourth-order valence-corrected chi connectivity index (χ4v) is 7.26. The molecule has 0 N–H and O–H groups in total. The molecular formula is C35H21N5O2S. The van der Waals surface area contributed by atoms with Crippen molar-refractivity contribution in [2.75, 3.05) is 0 Å². The van der Waals surface area contributed by atoms with Gasteiger partial charge in [0.1, 0.15) is 17.1 Å². The van der Waals surface area contributed by atoms with Gasteiger partial charge in [-0.25, -0.2) is 18.4 Å². The summed E-state index contributed by atoms with van der Waals surface area (Å²) in [7, 11) is -3.90. The second-order valence-corrected chi connectivity index (χ2v) is 12.1. The van der Waals surface area contributed by atoms with Crippen LogP contribution in [0.4, 0.5) is 0 Å². The van der Waals surface area contributed by atoms with Gasteiger partial charge in [0.2, 0.25) is 9.84 Å². The van der Waals surface area contributed by atoms with Crippen LogP contribution in [0.25, 0.3) is 55.5 Å². The maximum atomic E-state index is 13.5. The summed E-state index contributed by atoms with van der Waals surface area (Å²) in [6.07, 6.45) is 0. The Morgan fingerprint density at radius 1 is 0.558 bits per heavy atom. The van der Waals surface area contributed by atoms with Crippen LogP contribution in [0, 0.1) is 11.3 Å². The van der Waals surface area contributed by atoms with E-state index in [-0.39, 0.29) is 15.4 Å². The minimum absolute atomic E-state index is 0.0101. The van der Waals surface area contributed by atoms with E-state index in [0.29, 0.717) is 5.65 Å². The quantitative estimate of drug-likeness (QED) is 0.218. The lowest BCUT2D eigenvalue weighted by atomic mass is 10.2. The van der Waals surface area contributed by atoms with Crippen molar-refractivity contribution in [3.63, 3.8) is 0 Å². The summed E-state index contributed by atoms with van der Waals surface area (Å²) in [5, 5.41) is 11.4. The molecule has 0 aliphatic rings. The lowest BCUT2D eigenvalue weighted by Crippen LogP contribution is -2.05. The Kier molecular flexibility index (Phi) is 5.45. The largest absolute Gasteiger partial charge is 0.292 e. The summed E-state index contributed by atoms with van der Waals surface area (Å²) in [6.45, 7) is 0. The third kappa shape index (κ3) is 3.69. The summed E-state index contributed by atoms with van der Waals surface area (Å²) in [4.78, 5) is 10.6. The Balaban J connectivity index is 1.39. The van der Waals surface area contributed by atoms with Crippen LogP contribution in [-0.2, 0) is 9.84 Å². The fraction of sp³-hybridized carbons (Fsp3) is 0. The molecular weight excluding hydrogens is 554 g/mol. The van der Waals surface area contributed by atoms with Gasteiger partial charge in [-0.15, -0.1) is 0 Å². The van der Waals surface area contributed by atoms with Crippen molar-refractivity contribution in [3.8, 4) is 17.4 Å². The summed E-state index contributed by atoms with van der Waals surface area (Å²) in [5.74, 6) is 0. The number of hydrogen-bond acceptors (Lipinski definition) is 5. The van der Waals surface area contributed by atoms with Gasteiger partial charge in [0.15, 0.2) is 11.3 Å². The zero-order valence-electron chi connectivity index (χ0n) is 22.6. The van der Waals surface area contributed by atoms with Crippen LogP contribution in [0.1, 0.15) is 5.56 Å². The summed E-state index contributed by atoms with van der Waals surface area (Å²) < 4.78 is 31.1. The normalized spacial score (nSPS) is 11.9. The molecule has 7 nitrogen and oxygen atoms in total. The van der Waals surface area contributed by atoms with Gasteiger partial charge >= 0.3 is 0 Å². The van der Waals surface area contributed by atoms with Crippen LogP contribution in [0.15, 0.2) is 137 Å². The molecule has 0 aliphatic heterocycles. The van der Waals surface area contributed by atoms with Crippen molar-refractivity contribution < 1.29 is 8.42 Å². The highest BCUT2D eigenvalue weighted by molar-refractivity contribution is 7.91. The van der Waals surface area contributed by atoms with Crippen molar-refractivity contribution in [1.82, 2.24) is 19.1 Å². The van der Waals surface area contributed by atoms with E-state index in [2.05, 4.69) is 28.8 Å². The molecule has 0 bridgehead atoms. The predicted molar refractivity (Wildman–Crippen MR) is 167 cm³/mol. The summed E-state index contributed by atoms with van der Waals surface area (Å²) in [6, 6.07) is 41.2. The van der Waals surface area contributed by atoms with Crippen LogP contribution < -0.4 is 0 Å². The van der Waals surface area contributed by atoms with Gasteiger partial charge in [0, 0.05) is 22.1 Å². The Hall–Kier alpha value is -5.78. The number of benzene rings is 5. The zero-order valence-corrected chi connectivity index (χ0v) is 23.4. The number of aromatic nitrogens is 4. The summed E-state index contributed by atoms with van der Waals surface area (Å²) >= 11 is 0. The highest BCUT2D eigenvalue weighted by Crippen LogP contribution is 2.36. The summed E-state index contributed by atoms with van der Waals surface area (Å²) in [5.41, 5.74) is 6.74. The first kappa shape index (κ1) is 25.0. The van der Waals surface area contributed by atoms with Crippen molar-refractivity contribution in [3.05, 3.63) is 133 Å². The van der Waals surface area contributed by atoms with E-state index in [1.807, 2.05) is 65.2 Å². The number of para-hydroxylation sites is 3. The van der Waals surface area contributed by atoms with Gasteiger partial charge in [-0.1, -0.05) is 66.7 Å². The fourth-order valence-electron chi connectivity index (χ4n) is 5.85. The van der Waals surface area contributed by atoms with Crippen molar-refractivity contribution in [2.45, 2.75) is 9.79 Å². The molecule has 0 fully saturated rings. The number of rotatable bonds is 4. The molecule has 0 unspecified atom stereocenters. The molecule has 5 aromatic carbocycles. The van der Waals surface area contributed by atoms with Crippen LogP contribution in [0.3, 0.4) is 0 Å². The second-order valence-electron chi connectivity index (χ2n) is 10.2. The molecule has 0 spiro atoms. The third-order valence-corrected chi connectivity index (χ3v) is 9.63. The van der Waals surface area contributed by atoms with E-state index in [4.69, 9.17) is 9.97 Å². The van der Waals surface area contributed by atoms with Crippen molar-refractivity contribution in [2.24, 2.45) is 0 Å². The van der Waals surface area contributed by atoms with Crippen molar-refractivity contribution >= 4 is 54.0 Å². The number of nitrogens with zero attached hydrogens (tertiary/aromatic N) is 5. The van der Waals surface area contributed by atoms with E-state index in [0.717, 1.165) is 49.9 Å². The first-order valence-corrected chi connectivity index (χ1v) is 15.1. The standard InChI is InChI=1S/C35H21N5O2S/c36-22-23-10-4-9-17-31(23)43(41,42)26-20-18-25(19-21-26)40-30-16-8-6-14-28(30)33-35(40)38-34-32(37-33)27-13-5-7-15-29(27)39(34)24-11-2-1-3-12-24/h1-21H. The predicted octanol–water partition coefficient (Wildman–Crippen LogP) is 7.38. The lowest BCUT2D eigenvalue weighted by molar-refractivity contribution is 0.596. The molecule has 8 heteroatoms. The molecule has 8 aromatic rings. The Labute approximate surface area is 246 Å². The van der Waals surface area contributed by atoms with Crippen LogP contribution in [0.2, 0.25) is 0 Å². The average Bonchev–Trinajstić information content (AvgIpc) is 3.56. The number of hydrogen-bond donors (Lipinski definition) is 0. The molecule has 3 heterocycles. The van der Waals surface area contributed by atoms with E-state index in [1.165, 1.54) is 12.1 Å². The maximum Gasteiger partial charge on any atom is 0.207 e. The maximum absolute atomic E-state index is 13.5. The Bertz CT molecular complexity index is 2520. The lowest BCUT2D eigenvalue weighted by Gasteiger charge is -2.10. The smallest absolute Gasteiger partial charge is 0.207 e. The molecule has 0 saturated carbocycles. The van der Waals surface area contributed by atoms with Gasteiger partial charge in [-0.05, 0) is 60.7 Å². The molecule has 43 heavy (non-hydrogen) atoms. The third-order valence-electron chi connectivity index (χ3n) is 7.80. The first-order chi connectivity index (χ1) is 21.1. The number of nitriles is 1. The molecule has 0 amide bonds. The van der Waals surface area contributed by atoms with E-state index >= 15 is 0 Å². The molecule has 3 aromatic heterocycles. The second kappa shape index (κ2) is 9.38. The molecule has 0 radical (unpaired) electrons. The first-order valence-electron chi connectivity index (χ1n) is 13.7. The Morgan fingerprint density at radius 3 is 1.67 bits per heavy atom. The van der Waals surface area contributed by atoms with E-state index in [1.54, 1.807) is 36.4 Å². The monoisotopic (exact) mass is 575 g/mol. The minimum Gasteiger partial charge on any atom is -0.292 e. The van der Waals surface area contributed by atoms with Gasteiger partial charge in [-0.2, -0.15) is 5.26 Å². The van der Waals surface area contributed by atoms with Gasteiger partial charge in [0.05, 0.1) is 26.4 Å². The topological polar surface area (TPSA) is 93.6 Å². The zero-order chi connectivity index (χ0) is 29.1. The van der Waals surface area contributed by atoms with E-state index in [9.17, 15) is 13.7 Å². The van der Waals surface area contributed by atoms with Crippen LogP contribution in [-0.4, -0.2) is 27.5 Å².